The lowest BCUT2D eigenvalue weighted by molar-refractivity contribution is 0.0894. The molecule has 0 bridgehead atoms. The number of aromatic nitrogens is 2. The first-order valence-electron chi connectivity index (χ1n) is 8.79. The van der Waals surface area contributed by atoms with E-state index in [1.54, 1.807) is 22.9 Å². The quantitative estimate of drug-likeness (QED) is 0.846. The van der Waals surface area contributed by atoms with Gasteiger partial charge in [-0.05, 0) is 43.7 Å². The van der Waals surface area contributed by atoms with E-state index in [-0.39, 0.29) is 18.3 Å². The van der Waals surface area contributed by atoms with E-state index >= 15 is 0 Å². The number of benzene rings is 1. The first-order valence-corrected chi connectivity index (χ1v) is 8.79. The van der Waals surface area contributed by atoms with Crippen LogP contribution in [0.4, 0.5) is 4.39 Å². The van der Waals surface area contributed by atoms with Crippen molar-refractivity contribution in [2.45, 2.75) is 45.6 Å². The van der Waals surface area contributed by atoms with E-state index in [4.69, 9.17) is 0 Å². The first-order chi connectivity index (χ1) is 12.0. The van der Waals surface area contributed by atoms with Gasteiger partial charge in [0.1, 0.15) is 11.5 Å². The van der Waals surface area contributed by atoms with Crippen LogP contribution in [0.25, 0.3) is 5.69 Å². The molecule has 1 aliphatic carbocycles. The fourth-order valence-electron chi connectivity index (χ4n) is 3.36. The second-order valence-corrected chi connectivity index (χ2v) is 6.98. The summed E-state index contributed by atoms with van der Waals surface area (Å²) in [5.74, 6) is -0.313. The Kier molecular flexibility index (Phi) is 5.18. The summed E-state index contributed by atoms with van der Waals surface area (Å²) < 4.78 is 15.7. The van der Waals surface area contributed by atoms with Crippen molar-refractivity contribution < 1.29 is 14.3 Å². The summed E-state index contributed by atoms with van der Waals surface area (Å²) in [5, 5.41) is 17.1. The van der Waals surface area contributed by atoms with Gasteiger partial charge in [0.15, 0.2) is 5.69 Å². The van der Waals surface area contributed by atoms with Crippen molar-refractivity contribution in [2.75, 3.05) is 6.54 Å². The number of carbonyl (C=O) groups is 1. The smallest absolute Gasteiger partial charge is 0.272 e. The molecule has 5 nitrogen and oxygen atoms in total. The summed E-state index contributed by atoms with van der Waals surface area (Å²) >= 11 is 0. The zero-order chi connectivity index (χ0) is 18.0. The highest BCUT2D eigenvalue weighted by molar-refractivity contribution is 5.94. The number of fused-ring (bicyclic) bond motifs is 1. The summed E-state index contributed by atoms with van der Waals surface area (Å²) in [6.45, 7) is 4.24. The SMILES string of the molecule is CC(C)CC(O)CNC(=O)c1nn(-c2ccccc2F)c2c1CCC2. The van der Waals surface area contributed by atoms with Crippen molar-refractivity contribution in [1.82, 2.24) is 15.1 Å². The molecule has 134 valence electrons. The van der Waals surface area contributed by atoms with Crippen LogP contribution in [0.2, 0.25) is 0 Å². The zero-order valence-electron chi connectivity index (χ0n) is 14.6. The Morgan fingerprint density at radius 3 is 2.84 bits per heavy atom. The van der Waals surface area contributed by atoms with Gasteiger partial charge < -0.3 is 10.4 Å². The zero-order valence-corrected chi connectivity index (χ0v) is 14.6. The number of para-hydroxylation sites is 1. The number of amides is 1. The van der Waals surface area contributed by atoms with Crippen molar-refractivity contribution in [2.24, 2.45) is 5.92 Å². The highest BCUT2D eigenvalue weighted by Crippen LogP contribution is 2.28. The molecule has 1 amide bonds. The fourth-order valence-corrected chi connectivity index (χ4v) is 3.36. The minimum atomic E-state index is -0.578. The molecule has 0 fully saturated rings. The minimum absolute atomic E-state index is 0.193. The molecule has 6 heteroatoms. The molecule has 0 saturated carbocycles. The number of nitrogens with zero attached hydrogens (tertiary/aromatic N) is 2. The second-order valence-electron chi connectivity index (χ2n) is 6.98. The van der Waals surface area contributed by atoms with Crippen molar-refractivity contribution >= 4 is 5.91 Å². The summed E-state index contributed by atoms with van der Waals surface area (Å²) in [7, 11) is 0. The van der Waals surface area contributed by atoms with E-state index in [0.717, 1.165) is 30.5 Å². The van der Waals surface area contributed by atoms with Gasteiger partial charge in [0.25, 0.3) is 5.91 Å². The number of aliphatic hydroxyl groups is 1. The van der Waals surface area contributed by atoms with Gasteiger partial charge in [-0.25, -0.2) is 9.07 Å². The topological polar surface area (TPSA) is 67.2 Å². The van der Waals surface area contributed by atoms with E-state index in [9.17, 15) is 14.3 Å². The number of rotatable bonds is 6. The van der Waals surface area contributed by atoms with Gasteiger partial charge in [0, 0.05) is 17.8 Å². The Balaban J connectivity index is 1.82. The molecule has 0 saturated heterocycles. The van der Waals surface area contributed by atoms with Crippen LogP contribution in [0.15, 0.2) is 24.3 Å². The van der Waals surface area contributed by atoms with Gasteiger partial charge in [-0.15, -0.1) is 0 Å². The number of halogens is 1. The average molecular weight is 345 g/mol. The predicted octanol–water partition coefficient (Wildman–Crippen LogP) is 2.64. The molecule has 3 rings (SSSR count). The van der Waals surface area contributed by atoms with Crippen LogP contribution in [-0.4, -0.2) is 33.4 Å². The maximum absolute atomic E-state index is 14.1. The van der Waals surface area contributed by atoms with Crippen LogP contribution in [0.1, 0.15) is 48.4 Å². The molecule has 0 aliphatic heterocycles. The van der Waals surface area contributed by atoms with Crippen molar-refractivity contribution in [1.29, 1.82) is 0 Å². The first kappa shape index (κ1) is 17.6. The van der Waals surface area contributed by atoms with E-state index in [2.05, 4.69) is 10.4 Å². The molecule has 2 N–H and O–H groups in total. The molecular formula is C19H24FN3O2. The van der Waals surface area contributed by atoms with E-state index in [1.165, 1.54) is 6.07 Å². The molecule has 0 spiro atoms. The molecule has 1 aliphatic rings. The van der Waals surface area contributed by atoms with Crippen LogP contribution in [0, 0.1) is 11.7 Å². The van der Waals surface area contributed by atoms with E-state index < -0.39 is 6.10 Å². The lowest BCUT2D eigenvalue weighted by Gasteiger charge is -2.13. The van der Waals surface area contributed by atoms with Crippen LogP contribution in [-0.2, 0) is 12.8 Å². The second kappa shape index (κ2) is 7.35. The Labute approximate surface area is 146 Å². The maximum Gasteiger partial charge on any atom is 0.272 e. The van der Waals surface area contributed by atoms with Crippen molar-refractivity contribution in [3.63, 3.8) is 0 Å². The normalized spacial score (nSPS) is 14.6. The van der Waals surface area contributed by atoms with Gasteiger partial charge in [0.2, 0.25) is 0 Å². The maximum atomic E-state index is 14.1. The van der Waals surface area contributed by atoms with Crippen LogP contribution < -0.4 is 5.32 Å². The van der Waals surface area contributed by atoms with E-state index in [1.807, 2.05) is 13.8 Å². The summed E-state index contributed by atoms with van der Waals surface area (Å²) in [6.07, 6.45) is 2.52. The third-order valence-electron chi connectivity index (χ3n) is 4.47. The summed E-state index contributed by atoms with van der Waals surface area (Å²) in [6, 6.07) is 6.44. The van der Waals surface area contributed by atoms with E-state index in [0.29, 0.717) is 23.7 Å². The lowest BCUT2D eigenvalue weighted by atomic mass is 10.1. The molecule has 2 aromatic rings. The third-order valence-corrected chi connectivity index (χ3v) is 4.47. The van der Waals surface area contributed by atoms with Crippen LogP contribution >= 0.6 is 0 Å². The molecule has 1 atom stereocenters. The number of hydrogen-bond donors (Lipinski definition) is 2. The van der Waals surface area contributed by atoms with Gasteiger partial charge in [-0.1, -0.05) is 26.0 Å². The van der Waals surface area contributed by atoms with Gasteiger partial charge in [0.05, 0.1) is 6.10 Å². The highest BCUT2D eigenvalue weighted by Gasteiger charge is 2.27. The fraction of sp³-hybridized carbons (Fsp3) is 0.474. The summed E-state index contributed by atoms with van der Waals surface area (Å²) in [4.78, 5) is 12.5. The largest absolute Gasteiger partial charge is 0.391 e. The highest BCUT2D eigenvalue weighted by atomic mass is 19.1. The molecule has 0 radical (unpaired) electrons. The van der Waals surface area contributed by atoms with Gasteiger partial charge in [-0.3, -0.25) is 4.79 Å². The van der Waals surface area contributed by atoms with Gasteiger partial charge in [-0.2, -0.15) is 5.10 Å². The lowest BCUT2D eigenvalue weighted by Crippen LogP contribution is -2.33. The molecular weight excluding hydrogens is 321 g/mol. The molecule has 1 heterocycles. The third kappa shape index (κ3) is 3.74. The summed E-state index contributed by atoms with van der Waals surface area (Å²) in [5.41, 5.74) is 2.49. The number of carbonyl (C=O) groups excluding carboxylic acids is 1. The van der Waals surface area contributed by atoms with Crippen LogP contribution in [0.5, 0.6) is 0 Å². The minimum Gasteiger partial charge on any atom is -0.391 e. The van der Waals surface area contributed by atoms with Crippen molar-refractivity contribution in [3.05, 3.63) is 47.0 Å². The number of nitrogens with one attached hydrogen (secondary N) is 1. The van der Waals surface area contributed by atoms with Crippen LogP contribution in [0.3, 0.4) is 0 Å². The number of aliphatic hydroxyl groups excluding tert-OH is 1. The molecule has 1 unspecified atom stereocenters. The molecule has 1 aromatic heterocycles. The predicted molar refractivity (Wildman–Crippen MR) is 93.3 cm³/mol. The average Bonchev–Trinajstić information content (AvgIpc) is 3.15. The Hall–Kier alpha value is -2.21. The monoisotopic (exact) mass is 345 g/mol. The van der Waals surface area contributed by atoms with Crippen molar-refractivity contribution in [3.8, 4) is 5.69 Å². The molecule has 1 aromatic carbocycles. The molecule has 25 heavy (non-hydrogen) atoms. The number of hydrogen-bond acceptors (Lipinski definition) is 3. The Morgan fingerprint density at radius 2 is 2.12 bits per heavy atom. The van der Waals surface area contributed by atoms with Gasteiger partial charge >= 0.3 is 0 Å². The Morgan fingerprint density at radius 1 is 1.36 bits per heavy atom. The Bertz CT molecular complexity index is 770. The standard InChI is InChI=1S/C19H24FN3O2/c1-12(2)10-13(24)11-21-19(25)18-14-6-5-9-16(14)23(22-18)17-8-4-3-7-15(17)20/h3-4,7-8,12-13,24H,5-6,9-11H2,1-2H3,(H,21,25).